The van der Waals surface area contributed by atoms with Crippen molar-refractivity contribution in [2.24, 2.45) is 0 Å². The Morgan fingerprint density at radius 1 is 1.04 bits per heavy atom. The minimum Gasteiger partial charge on any atom is -0.338 e. The van der Waals surface area contributed by atoms with Crippen LogP contribution in [0, 0.1) is 0 Å². The van der Waals surface area contributed by atoms with Crippen LogP contribution in [0.15, 0.2) is 60.8 Å². The third kappa shape index (κ3) is 4.32. The number of carbonyl (C=O) groups is 1. The molecule has 0 aliphatic heterocycles. The van der Waals surface area contributed by atoms with Crippen molar-refractivity contribution in [2.45, 2.75) is 19.4 Å². The van der Waals surface area contributed by atoms with Crippen molar-refractivity contribution < 1.29 is 4.79 Å². The molecule has 0 spiro atoms. The summed E-state index contributed by atoms with van der Waals surface area (Å²) in [6, 6.07) is 18.0. The zero-order valence-corrected chi connectivity index (χ0v) is 12.9. The van der Waals surface area contributed by atoms with Crippen molar-refractivity contribution in [3.8, 4) is 0 Å². The van der Waals surface area contributed by atoms with Gasteiger partial charge in [-0.1, -0.05) is 36.4 Å². The van der Waals surface area contributed by atoms with Crippen LogP contribution in [0.1, 0.15) is 17.7 Å². The van der Waals surface area contributed by atoms with Crippen molar-refractivity contribution >= 4 is 11.5 Å². The number of nitrogens with one attached hydrogen (secondary N) is 2. The normalized spacial score (nSPS) is 10.6. The Morgan fingerprint density at radius 3 is 2.70 bits per heavy atom. The summed E-state index contributed by atoms with van der Waals surface area (Å²) in [6.07, 6.45) is 3.78. The van der Waals surface area contributed by atoms with E-state index in [9.17, 15) is 4.79 Å². The number of carbonyl (C=O) groups excluding carboxylic acids is 1. The zero-order valence-electron chi connectivity index (χ0n) is 12.9. The molecule has 0 aliphatic carbocycles. The smallest absolute Gasteiger partial charge is 0.315 e. The van der Waals surface area contributed by atoms with E-state index in [4.69, 9.17) is 0 Å². The highest BCUT2D eigenvalue weighted by atomic mass is 16.2. The maximum absolute atomic E-state index is 11.8. The lowest BCUT2D eigenvalue weighted by molar-refractivity contribution is 0.240. The second-order valence-corrected chi connectivity index (χ2v) is 5.40. The molecule has 2 N–H and O–H groups in total. The third-order valence-corrected chi connectivity index (χ3v) is 3.62. The van der Waals surface area contributed by atoms with Crippen LogP contribution in [0.5, 0.6) is 0 Å². The monoisotopic (exact) mass is 308 g/mol. The summed E-state index contributed by atoms with van der Waals surface area (Å²) in [7, 11) is 0. The third-order valence-electron chi connectivity index (χ3n) is 3.62. The quantitative estimate of drug-likeness (QED) is 0.688. The Morgan fingerprint density at radius 2 is 1.87 bits per heavy atom. The molecular weight excluding hydrogens is 288 g/mol. The van der Waals surface area contributed by atoms with E-state index in [-0.39, 0.29) is 6.03 Å². The molecule has 1 aromatic carbocycles. The number of urea groups is 1. The SMILES string of the molecule is O=C(NCCCc1ccccc1)NCc1cc2ccccn2n1. The van der Waals surface area contributed by atoms with Gasteiger partial charge < -0.3 is 10.6 Å². The molecule has 5 heteroatoms. The molecule has 0 unspecified atom stereocenters. The average molecular weight is 308 g/mol. The van der Waals surface area contributed by atoms with Gasteiger partial charge in [0.15, 0.2) is 0 Å². The number of fused-ring (bicyclic) bond motifs is 1. The van der Waals surface area contributed by atoms with Gasteiger partial charge in [-0.3, -0.25) is 0 Å². The van der Waals surface area contributed by atoms with Crippen LogP contribution in [-0.2, 0) is 13.0 Å². The molecule has 0 bridgehead atoms. The lowest BCUT2D eigenvalue weighted by Crippen LogP contribution is -2.35. The second kappa shape index (κ2) is 7.45. The van der Waals surface area contributed by atoms with Crippen molar-refractivity contribution in [3.63, 3.8) is 0 Å². The van der Waals surface area contributed by atoms with E-state index >= 15 is 0 Å². The number of benzene rings is 1. The van der Waals surface area contributed by atoms with Crippen LogP contribution in [0.3, 0.4) is 0 Å². The molecule has 118 valence electrons. The van der Waals surface area contributed by atoms with E-state index in [0.717, 1.165) is 24.1 Å². The maximum atomic E-state index is 11.8. The maximum Gasteiger partial charge on any atom is 0.315 e. The number of hydrogen-bond acceptors (Lipinski definition) is 2. The topological polar surface area (TPSA) is 58.4 Å². The van der Waals surface area contributed by atoms with Crippen LogP contribution in [0.25, 0.3) is 5.52 Å². The summed E-state index contributed by atoms with van der Waals surface area (Å²) in [5.74, 6) is 0. The van der Waals surface area contributed by atoms with Gasteiger partial charge in [-0.25, -0.2) is 9.31 Å². The molecule has 0 radical (unpaired) electrons. The van der Waals surface area contributed by atoms with Gasteiger partial charge in [-0.05, 0) is 36.6 Å². The summed E-state index contributed by atoms with van der Waals surface area (Å²) >= 11 is 0. The summed E-state index contributed by atoms with van der Waals surface area (Å²) < 4.78 is 1.80. The van der Waals surface area contributed by atoms with E-state index in [1.54, 1.807) is 4.52 Å². The molecule has 23 heavy (non-hydrogen) atoms. The van der Waals surface area contributed by atoms with E-state index in [0.29, 0.717) is 13.1 Å². The minimum atomic E-state index is -0.157. The predicted octanol–water partition coefficient (Wildman–Crippen LogP) is 2.77. The minimum absolute atomic E-state index is 0.157. The van der Waals surface area contributed by atoms with Crippen molar-refractivity contribution in [3.05, 3.63) is 72.1 Å². The molecule has 2 heterocycles. The van der Waals surface area contributed by atoms with Gasteiger partial charge in [-0.15, -0.1) is 0 Å². The number of pyridine rings is 1. The average Bonchev–Trinajstić information content (AvgIpc) is 3.01. The van der Waals surface area contributed by atoms with Crippen LogP contribution in [-0.4, -0.2) is 22.2 Å². The lowest BCUT2D eigenvalue weighted by Gasteiger charge is -2.06. The van der Waals surface area contributed by atoms with Gasteiger partial charge in [0.25, 0.3) is 0 Å². The van der Waals surface area contributed by atoms with E-state index in [2.05, 4.69) is 27.9 Å². The molecule has 3 rings (SSSR count). The number of rotatable bonds is 6. The second-order valence-electron chi connectivity index (χ2n) is 5.40. The van der Waals surface area contributed by atoms with Gasteiger partial charge in [0, 0.05) is 12.7 Å². The molecule has 2 amide bonds. The highest BCUT2D eigenvalue weighted by molar-refractivity contribution is 5.73. The first-order valence-corrected chi connectivity index (χ1v) is 7.80. The van der Waals surface area contributed by atoms with Crippen LogP contribution in [0.4, 0.5) is 4.79 Å². The van der Waals surface area contributed by atoms with Crippen molar-refractivity contribution in [2.75, 3.05) is 6.54 Å². The molecule has 0 atom stereocenters. The Labute approximate surface area is 135 Å². The van der Waals surface area contributed by atoms with Crippen LogP contribution >= 0.6 is 0 Å². The molecule has 0 aliphatic rings. The molecule has 0 fully saturated rings. The number of aryl methyl sites for hydroxylation is 1. The Kier molecular flexibility index (Phi) is 4.88. The summed E-state index contributed by atoms with van der Waals surface area (Å²) in [4.78, 5) is 11.8. The van der Waals surface area contributed by atoms with Gasteiger partial charge in [-0.2, -0.15) is 5.10 Å². The standard InChI is InChI=1S/C18H20N4O/c23-18(19-11-6-9-15-7-2-1-3-8-15)20-14-16-13-17-10-4-5-12-22(17)21-16/h1-5,7-8,10,12-13H,6,9,11,14H2,(H2,19,20,23). The lowest BCUT2D eigenvalue weighted by atomic mass is 10.1. The molecule has 2 aromatic heterocycles. The van der Waals surface area contributed by atoms with Gasteiger partial charge in [0.05, 0.1) is 17.8 Å². The van der Waals surface area contributed by atoms with Crippen molar-refractivity contribution in [1.82, 2.24) is 20.2 Å². The molecule has 3 aromatic rings. The fraction of sp³-hybridized carbons (Fsp3) is 0.222. The van der Waals surface area contributed by atoms with Gasteiger partial charge >= 0.3 is 6.03 Å². The van der Waals surface area contributed by atoms with E-state index < -0.39 is 0 Å². The van der Waals surface area contributed by atoms with Crippen LogP contribution < -0.4 is 10.6 Å². The van der Waals surface area contributed by atoms with Crippen LogP contribution in [0.2, 0.25) is 0 Å². The number of aromatic nitrogens is 2. The summed E-state index contributed by atoms with van der Waals surface area (Å²) in [5, 5.41) is 10.1. The number of nitrogens with zero attached hydrogens (tertiary/aromatic N) is 2. The summed E-state index contributed by atoms with van der Waals surface area (Å²) in [6.45, 7) is 1.08. The van der Waals surface area contributed by atoms with Gasteiger partial charge in [0.2, 0.25) is 0 Å². The fourth-order valence-corrected chi connectivity index (χ4v) is 2.45. The fourth-order valence-electron chi connectivity index (χ4n) is 2.45. The molecule has 0 saturated heterocycles. The molecule has 0 saturated carbocycles. The highest BCUT2D eigenvalue weighted by Gasteiger charge is 2.03. The first-order valence-electron chi connectivity index (χ1n) is 7.80. The molecular formula is C18H20N4O. The van der Waals surface area contributed by atoms with Crippen molar-refractivity contribution in [1.29, 1.82) is 0 Å². The zero-order chi connectivity index (χ0) is 15.9. The van der Waals surface area contributed by atoms with Gasteiger partial charge in [0.1, 0.15) is 0 Å². The number of amides is 2. The Balaban J connectivity index is 1.38. The Hall–Kier alpha value is -2.82. The number of hydrogen-bond donors (Lipinski definition) is 2. The largest absolute Gasteiger partial charge is 0.338 e. The first kappa shape index (κ1) is 15.1. The predicted molar refractivity (Wildman–Crippen MR) is 90.2 cm³/mol. The summed E-state index contributed by atoms with van der Waals surface area (Å²) in [5.41, 5.74) is 3.16. The Bertz CT molecular complexity index is 734. The van der Waals surface area contributed by atoms with E-state index in [1.165, 1.54) is 5.56 Å². The van der Waals surface area contributed by atoms with E-state index in [1.807, 2.05) is 48.7 Å². The first-order chi connectivity index (χ1) is 11.3. The highest BCUT2D eigenvalue weighted by Crippen LogP contribution is 2.05. The molecule has 5 nitrogen and oxygen atoms in total.